The molecule has 3 rings (SSSR count). The van der Waals surface area contributed by atoms with Crippen molar-refractivity contribution >= 4 is 34.5 Å². The molecule has 1 unspecified atom stereocenters. The minimum absolute atomic E-state index is 0.000823. The second-order valence-corrected chi connectivity index (χ2v) is 15.4. The molecule has 0 saturated carbocycles. The topological polar surface area (TPSA) is 142 Å². The molecule has 0 spiro atoms. The maximum absolute atomic E-state index is 14.2. The van der Waals surface area contributed by atoms with Crippen LogP contribution in [0, 0.1) is 23.7 Å². The van der Waals surface area contributed by atoms with Crippen LogP contribution in [0.4, 0.5) is 0 Å². The van der Waals surface area contributed by atoms with Crippen LogP contribution < -0.4 is 16.0 Å². The van der Waals surface area contributed by atoms with Gasteiger partial charge < -0.3 is 35.2 Å². The quantitative estimate of drug-likeness (QED) is 0.184. The first-order valence-electron chi connectivity index (χ1n) is 19.4. The number of hydrogen-bond acceptors (Lipinski definition) is 8. The van der Waals surface area contributed by atoms with Crippen molar-refractivity contribution in [3.63, 3.8) is 0 Å². The molecular formula is C41H66N6O6. The smallest absolute Gasteiger partial charge is 0.245 e. The Kier molecular flexibility index (Phi) is 17.1. The lowest BCUT2D eigenvalue weighted by molar-refractivity contribution is -0.147. The minimum Gasteiger partial charge on any atom is -0.379 e. The number of nitrogens with zero attached hydrogens (tertiary/aromatic N) is 3. The highest BCUT2D eigenvalue weighted by molar-refractivity contribution is 5.90. The van der Waals surface area contributed by atoms with Crippen molar-refractivity contribution in [2.24, 2.45) is 23.7 Å². The van der Waals surface area contributed by atoms with Crippen molar-refractivity contribution in [2.45, 2.75) is 117 Å². The third kappa shape index (κ3) is 11.0. The van der Waals surface area contributed by atoms with Crippen molar-refractivity contribution < 1.29 is 28.7 Å². The maximum Gasteiger partial charge on any atom is 0.245 e. The molecule has 53 heavy (non-hydrogen) atoms. The van der Waals surface area contributed by atoms with Crippen LogP contribution in [0.25, 0.3) is 10.9 Å². The molecule has 0 bridgehead atoms. The molecule has 12 heteroatoms. The highest BCUT2D eigenvalue weighted by atomic mass is 16.5. The number of nitrogens with one attached hydrogen (secondary N) is 3. The molecule has 3 N–H and O–H groups in total. The number of likely N-dealkylation sites (tertiary alicyclic amines) is 1. The Balaban J connectivity index is 1.72. The summed E-state index contributed by atoms with van der Waals surface area (Å²) in [6.07, 6.45) is 3.69. The van der Waals surface area contributed by atoms with Crippen LogP contribution in [-0.2, 0) is 35.1 Å². The number of aromatic nitrogens is 1. The number of benzene rings is 1. The molecule has 1 aliphatic heterocycles. The van der Waals surface area contributed by atoms with Gasteiger partial charge >= 0.3 is 0 Å². The van der Waals surface area contributed by atoms with Crippen LogP contribution in [0.2, 0.25) is 0 Å². The summed E-state index contributed by atoms with van der Waals surface area (Å²) in [5.74, 6) is -1.28. The van der Waals surface area contributed by atoms with Crippen molar-refractivity contribution in [3.8, 4) is 0 Å². The highest BCUT2D eigenvalue weighted by Gasteiger charge is 2.43. The Hall–Kier alpha value is -3.61. The van der Waals surface area contributed by atoms with Gasteiger partial charge in [-0.3, -0.25) is 24.2 Å². The fourth-order valence-electron chi connectivity index (χ4n) is 7.90. The normalized spacial score (nSPS) is 18.7. The lowest BCUT2D eigenvalue weighted by Gasteiger charge is -2.41. The largest absolute Gasteiger partial charge is 0.379 e. The first-order valence-corrected chi connectivity index (χ1v) is 19.4. The second kappa shape index (κ2) is 20.7. The Morgan fingerprint density at radius 1 is 0.962 bits per heavy atom. The molecule has 8 atom stereocenters. The number of ether oxygens (including phenoxy) is 2. The summed E-state index contributed by atoms with van der Waals surface area (Å²) in [4.78, 5) is 62.9. The van der Waals surface area contributed by atoms with Crippen LogP contribution in [-0.4, -0.2) is 116 Å². The first-order chi connectivity index (χ1) is 25.2. The average Bonchev–Trinajstić information content (AvgIpc) is 3.63. The van der Waals surface area contributed by atoms with Gasteiger partial charge in [0.15, 0.2) is 0 Å². The second-order valence-electron chi connectivity index (χ2n) is 15.4. The number of amides is 4. The van der Waals surface area contributed by atoms with E-state index in [9.17, 15) is 19.2 Å². The van der Waals surface area contributed by atoms with Gasteiger partial charge in [0, 0.05) is 45.9 Å². The molecule has 296 valence electrons. The van der Waals surface area contributed by atoms with Gasteiger partial charge in [-0.05, 0) is 61.8 Å². The van der Waals surface area contributed by atoms with E-state index in [0.29, 0.717) is 19.5 Å². The summed E-state index contributed by atoms with van der Waals surface area (Å²) < 4.78 is 12.0. The molecule has 1 aromatic heterocycles. The zero-order valence-corrected chi connectivity index (χ0v) is 34.0. The van der Waals surface area contributed by atoms with Crippen LogP contribution >= 0.6 is 0 Å². The first kappa shape index (κ1) is 43.8. The molecule has 12 nitrogen and oxygen atoms in total. The maximum atomic E-state index is 14.2. The van der Waals surface area contributed by atoms with Crippen LogP contribution in [0.3, 0.4) is 0 Å². The molecule has 2 aromatic rings. The SMILES string of the molecule is CC[C@H](C)C([C@@H](CC(=O)N1CCC[C@H]1[C@H](OC)[C@@H](C)C(=O)NCCc1ccnc2ccccc12)OC)N(C)C(=O)[C@@H](NC(=O)[C@@H](NC)C(C)C)C(C)C. The van der Waals surface area contributed by atoms with Gasteiger partial charge in [0.25, 0.3) is 0 Å². The molecule has 2 heterocycles. The third-order valence-corrected chi connectivity index (χ3v) is 11.2. The predicted octanol–water partition coefficient (Wildman–Crippen LogP) is 4.20. The molecule has 0 radical (unpaired) electrons. The Morgan fingerprint density at radius 3 is 2.25 bits per heavy atom. The van der Waals surface area contributed by atoms with E-state index in [1.165, 1.54) is 0 Å². The third-order valence-electron chi connectivity index (χ3n) is 11.2. The van der Waals surface area contributed by atoms with Gasteiger partial charge in [0.1, 0.15) is 6.04 Å². The Morgan fingerprint density at radius 2 is 1.64 bits per heavy atom. The van der Waals surface area contributed by atoms with Crippen molar-refractivity contribution in [3.05, 3.63) is 42.1 Å². The van der Waals surface area contributed by atoms with Gasteiger partial charge in [-0.25, -0.2) is 0 Å². The summed E-state index contributed by atoms with van der Waals surface area (Å²) in [5.41, 5.74) is 2.04. The Labute approximate surface area is 317 Å². The number of para-hydroxylation sites is 1. The molecule has 4 amide bonds. The number of fused-ring (bicyclic) bond motifs is 1. The van der Waals surface area contributed by atoms with Gasteiger partial charge in [-0.1, -0.05) is 73.1 Å². The molecule has 1 aliphatic rings. The number of hydrogen-bond donors (Lipinski definition) is 3. The summed E-state index contributed by atoms with van der Waals surface area (Å²) in [5, 5.41) is 10.2. The fraction of sp³-hybridized carbons (Fsp3) is 0.683. The van der Waals surface area contributed by atoms with E-state index in [1.54, 1.807) is 39.4 Å². The monoisotopic (exact) mass is 739 g/mol. The van der Waals surface area contributed by atoms with Crippen LogP contribution in [0.15, 0.2) is 36.5 Å². The van der Waals surface area contributed by atoms with E-state index in [-0.39, 0.29) is 53.8 Å². The van der Waals surface area contributed by atoms with Gasteiger partial charge in [-0.2, -0.15) is 0 Å². The van der Waals surface area contributed by atoms with E-state index >= 15 is 0 Å². The molecule has 1 saturated heterocycles. The number of methoxy groups -OCH3 is 2. The average molecular weight is 739 g/mol. The zero-order valence-electron chi connectivity index (χ0n) is 34.0. The lowest BCUT2D eigenvalue weighted by atomic mass is 9.89. The van der Waals surface area contributed by atoms with Crippen molar-refractivity contribution in [1.29, 1.82) is 0 Å². The summed E-state index contributed by atoms with van der Waals surface area (Å²) in [7, 11) is 6.66. The lowest BCUT2D eigenvalue weighted by Crippen LogP contribution is -2.59. The van der Waals surface area contributed by atoms with Crippen molar-refractivity contribution in [2.75, 3.05) is 41.4 Å². The van der Waals surface area contributed by atoms with Crippen molar-refractivity contribution in [1.82, 2.24) is 30.7 Å². The standard InChI is InChI=1S/C41H66N6O6/c1-12-27(6)37(46(9)41(51)36(26(4)5)45-40(50)35(42-8)25(2)3)33(52-10)24-34(48)47-23-15-18-32(47)38(53-11)28(7)39(49)44-22-20-29-19-21-43-31-17-14-13-16-30(29)31/h13-14,16-17,19,21,25-28,32-33,35-38,42H,12,15,18,20,22-24H2,1-11H3,(H,44,49)(H,45,50)/t27-,28+,32-,33+,35-,36-,37?,38+/m0/s1. The van der Waals surface area contributed by atoms with Gasteiger partial charge in [0.05, 0.1) is 48.2 Å². The molecular weight excluding hydrogens is 672 g/mol. The van der Waals surface area contributed by atoms with E-state index in [0.717, 1.165) is 35.7 Å². The van der Waals surface area contributed by atoms with E-state index in [4.69, 9.17) is 9.47 Å². The fourth-order valence-corrected chi connectivity index (χ4v) is 7.90. The van der Waals surface area contributed by atoms with Gasteiger partial charge in [0.2, 0.25) is 23.6 Å². The summed E-state index contributed by atoms with van der Waals surface area (Å²) in [6, 6.07) is 8.07. The van der Waals surface area contributed by atoms with Gasteiger partial charge in [-0.15, -0.1) is 0 Å². The summed E-state index contributed by atoms with van der Waals surface area (Å²) in [6.45, 7) is 14.7. The number of likely N-dealkylation sites (N-methyl/N-ethyl adjacent to an activating group) is 2. The van der Waals surface area contributed by atoms with E-state index < -0.39 is 36.3 Å². The molecule has 1 fully saturated rings. The van der Waals surface area contributed by atoms with Crippen LogP contribution in [0.5, 0.6) is 0 Å². The highest BCUT2D eigenvalue weighted by Crippen LogP contribution is 2.30. The number of carbonyl (C=O) groups excluding carboxylic acids is 4. The van der Waals surface area contributed by atoms with E-state index in [2.05, 4.69) is 34.8 Å². The Bertz CT molecular complexity index is 1500. The molecule has 1 aromatic carbocycles. The molecule has 0 aliphatic carbocycles. The van der Waals surface area contributed by atoms with E-state index in [1.807, 2.05) is 69.9 Å². The predicted molar refractivity (Wildman–Crippen MR) is 209 cm³/mol. The summed E-state index contributed by atoms with van der Waals surface area (Å²) >= 11 is 0. The number of rotatable bonds is 20. The zero-order chi connectivity index (χ0) is 39.4. The number of pyridine rings is 1. The van der Waals surface area contributed by atoms with Crippen LogP contribution in [0.1, 0.15) is 79.7 Å². The number of carbonyl (C=O) groups is 4. The minimum atomic E-state index is -0.746.